The summed E-state index contributed by atoms with van der Waals surface area (Å²) in [5.41, 5.74) is 0.492. The lowest BCUT2D eigenvalue weighted by molar-refractivity contribution is -0.118. The molecule has 3 rings (SSSR count). The smallest absolute Gasteiger partial charge is 0.262 e. The molecule has 1 aliphatic rings. The number of hydrogen-bond donors (Lipinski definition) is 1. The van der Waals surface area contributed by atoms with Crippen LogP contribution in [0.25, 0.3) is 0 Å². The Bertz CT molecular complexity index is 974. The number of rotatable bonds is 6. The van der Waals surface area contributed by atoms with Gasteiger partial charge in [-0.1, -0.05) is 34.5 Å². The summed E-state index contributed by atoms with van der Waals surface area (Å²) < 4.78 is 33.3. The molecule has 9 heteroatoms. The molecule has 0 spiro atoms. The normalized spacial score (nSPS) is 15.8. The minimum atomic E-state index is -3.51. The van der Waals surface area contributed by atoms with Gasteiger partial charge in [-0.05, 0) is 61.2 Å². The van der Waals surface area contributed by atoms with Gasteiger partial charge in [-0.15, -0.1) is 0 Å². The fourth-order valence-electron chi connectivity index (χ4n) is 3.02. The van der Waals surface area contributed by atoms with Crippen LogP contribution in [0, 0.1) is 5.92 Å². The highest BCUT2D eigenvalue weighted by Crippen LogP contribution is 2.28. The van der Waals surface area contributed by atoms with Crippen LogP contribution in [-0.2, 0) is 14.8 Å². The molecule has 0 atom stereocenters. The van der Waals surface area contributed by atoms with Crippen molar-refractivity contribution < 1.29 is 17.9 Å². The summed E-state index contributed by atoms with van der Waals surface area (Å²) in [5.74, 6) is 0.584. The predicted octanol–water partition coefficient (Wildman–Crippen LogP) is 4.54. The SMILES string of the molecule is CC1CCN(S(=O)(=O)c2ccc(NC(=O)COc3ccc(Br)cc3Cl)cc2)CC1. The van der Waals surface area contributed by atoms with Crippen LogP contribution < -0.4 is 10.1 Å². The van der Waals surface area contributed by atoms with E-state index in [1.807, 2.05) is 0 Å². The quantitative estimate of drug-likeness (QED) is 0.630. The largest absolute Gasteiger partial charge is 0.482 e. The molecule has 1 saturated heterocycles. The molecule has 1 heterocycles. The zero-order valence-corrected chi connectivity index (χ0v) is 19.1. The van der Waals surface area contributed by atoms with Gasteiger partial charge in [0, 0.05) is 23.2 Å². The van der Waals surface area contributed by atoms with Crippen LogP contribution in [0.1, 0.15) is 19.8 Å². The fraction of sp³-hybridized carbons (Fsp3) is 0.350. The van der Waals surface area contributed by atoms with Crippen LogP contribution in [0.3, 0.4) is 0 Å². The van der Waals surface area contributed by atoms with Crippen molar-refractivity contribution in [1.82, 2.24) is 4.31 Å². The Morgan fingerprint density at radius 1 is 1.21 bits per heavy atom. The molecular formula is C20H22BrClN2O4S. The Kier molecular flexibility index (Phi) is 7.21. The molecule has 1 amide bonds. The first-order valence-corrected chi connectivity index (χ1v) is 11.8. The van der Waals surface area contributed by atoms with E-state index < -0.39 is 10.0 Å². The number of amides is 1. The molecule has 0 bridgehead atoms. The van der Waals surface area contributed by atoms with Crippen molar-refractivity contribution in [3.8, 4) is 5.75 Å². The molecule has 0 saturated carbocycles. The number of nitrogens with one attached hydrogen (secondary N) is 1. The van der Waals surface area contributed by atoms with Gasteiger partial charge in [0.2, 0.25) is 10.0 Å². The molecule has 1 aliphatic heterocycles. The van der Waals surface area contributed by atoms with Gasteiger partial charge in [-0.25, -0.2) is 8.42 Å². The fourth-order valence-corrected chi connectivity index (χ4v) is 5.21. The number of halogens is 2. The van der Waals surface area contributed by atoms with Crippen LogP contribution >= 0.6 is 27.5 Å². The molecule has 6 nitrogen and oxygen atoms in total. The van der Waals surface area contributed by atoms with E-state index in [2.05, 4.69) is 28.2 Å². The second-order valence-corrected chi connectivity index (χ2v) is 10.3. The van der Waals surface area contributed by atoms with Crippen molar-refractivity contribution >= 4 is 49.1 Å². The third-order valence-electron chi connectivity index (χ3n) is 4.77. The van der Waals surface area contributed by atoms with Gasteiger partial charge >= 0.3 is 0 Å². The van der Waals surface area contributed by atoms with Gasteiger partial charge < -0.3 is 10.1 Å². The Hall–Kier alpha value is -1.61. The Labute approximate surface area is 184 Å². The van der Waals surface area contributed by atoms with Gasteiger partial charge in [0.25, 0.3) is 5.91 Å². The van der Waals surface area contributed by atoms with Crippen LogP contribution in [0.4, 0.5) is 5.69 Å². The van der Waals surface area contributed by atoms with Crippen molar-refractivity contribution in [2.24, 2.45) is 5.92 Å². The summed E-state index contributed by atoms with van der Waals surface area (Å²) in [4.78, 5) is 12.3. The van der Waals surface area contributed by atoms with Gasteiger partial charge in [0.15, 0.2) is 6.61 Å². The zero-order chi connectivity index (χ0) is 21.0. The lowest BCUT2D eigenvalue weighted by Crippen LogP contribution is -2.37. The van der Waals surface area contributed by atoms with E-state index in [9.17, 15) is 13.2 Å². The molecule has 2 aromatic carbocycles. The van der Waals surface area contributed by atoms with E-state index in [0.717, 1.165) is 17.3 Å². The van der Waals surface area contributed by atoms with Crippen molar-refractivity contribution in [2.45, 2.75) is 24.7 Å². The van der Waals surface area contributed by atoms with Gasteiger partial charge in [0.1, 0.15) is 5.75 Å². The first-order chi connectivity index (χ1) is 13.8. The Morgan fingerprint density at radius 3 is 2.48 bits per heavy atom. The van der Waals surface area contributed by atoms with E-state index in [1.165, 1.54) is 16.4 Å². The Balaban J connectivity index is 1.57. The summed E-state index contributed by atoms with van der Waals surface area (Å²) >= 11 is 9.36. The number of hydrogen-bond acceptors (Lipinski definition) is 4. The third kappa shape index (κ3) is 5.72. The van der Waals surface area contributed by atoms with Crippen LogP contribution in [-0.4, -0.2) is 38.3 Å². The number of nitrogens with zero attached hydrogens (tertiary/aromatic N) is 1. The highest BCUT2D eigenvalue weighted by molar-refractivity contribution is 9.10. The van der Waals surface area contributed by atoms with Crippen molar-refractivity contribution in [2.75, 3.05) is 25.0 Å². The summed E-state index contributed by atoms with van der Waals surface area (Å²) in [5, 5.41) is 3.08. The van der Waals surface area contributed by atoms with E-state index in [1.54, 1.807) is 30.3 Å². The highest BCUT2D eigenvalue weighted by atomic mass is 79.9. The van der Waals surface area contributed by atoms with E-state index in [-0.39, 0.29) is 17.4 Å². The van der Waals surface area contributed by atoms with Crippen molar-refractivity contribution in [3.05, 3.63) is 52.0 Å². The molecule has 1 fully saturated rings. The molecule has 0 unspecified atom stereocenters. The molecular weight excluding hydrogens is 480 g/mol. The first-order valence-electron chi connectivity index (χ1n) is 9.23. The molecule has 1 N–H and O–H groups in total. The average molecular weight is 502 g/mol. The third-order valence-corrected chi connectivity index (χ3v) is 7.47. The highest BCUT2D eigenvalue weighted by Gasteiger charge is 2.27. The molecule has 156 valence electrons. The minimum Gasteiger partial charge on any atom is -0.482 e. The molecule has 29 heavy (non-hydrogen) atoms. The lowest BCUT2D eigenvalue weighted by Gasteiger charge is -2.29. The van der Waals surface area contributed by atoms with Crippen LogP contribution in [0.2, 0.25) is 5.02 Å². The number of benzene rings is 2. The summed E-state index contributed by atoms with van der Waals surface area (Å²) in [6.07, 6.45) is 1.74. The standard InChI is InChI=1S/C20H22BrClN2O4S/c1-14-8-10-24(11-9-14)29(26,27)17-5-3-16(4-6-17)23-20(25)13-28-19-7-2-15(21)12-18(19)22/h2-7,12,14H,8-11,13H2,1H3,(H,23,25). The molecule has 2 aromatic rings. The Morgan fingerprint density at radius 2 is 1.86 bits per heavy atom. The summed E-state index contributed by atoms with van der Waals surface area (Å²) in [7, 11) is -3.51. The van der Waals surface area contributed by atoms with Crippen molar-refractivity contribution in [1.29, 1.82) is 0 Å². The number of ether oxygens (including phenoxy) is 1. The maximum absolute atomic E-state index is 12.7. The predicted molar refractivity (Wildman–Crippen MR) is 117 cm³/mol. The monoisotopic (exact) mass is 500 g/mol. The maximum atomic E-state index is 12.7. The number of anilines is 1. The molecule has 0 aliphatic carbocycles. The first kappa shape index (κ1) is 22.1. The minimum absolute atomic E-state index is 0.215. The number of sulfonamides is 1. The van der Waals surface area contributed by atoms with E-state index >= 15 is 0 Å². The zero-order valence-electron chi connectivity index (χ0n) is 15.9. The van der Waals surface area contributed by atoms with Gasteiger partial charge in [-0.3, -0.25) is 4.79 Å². The molecule has 0 radical (unpaired) electrons. The van der Waals surface area contributed by atoms with Gasteiger partial charge in [-0.2, -0.15) is 4.31 Å². The second-order valence-electron chi connectivity index (χ2n) is 7.02. The second kappa shape index (κ2) is 9.47. The van der Waals surface area contributed by atoms with Crippen LogP contribution in [0.15, 0.2) is 51.8 Å². The van der Waals surface area contributed by atoms with Crippen molar-refractivity contribution in [3.63, 3.8) is 0 Å². The summed E-state index contributed by atoms with van der Waals surface area (Å²) in [6, 6.07) is 11.3. The number of carbonyl (C=O) groups is 1. The average Bonchev–Trinajstić information content (AvgIpc) is 2.68. The summed E-state index contributed by atoms with van der Waals surface area (Å²) in [6.45, 7) is 3.00. The maximum Gasteiger partial charge on any atom is 0.262 e. The van der Waals surface area contributed by atoms with E-state index in [4.69, 9.17) is 16.3 Å². The van der Waals surface area contributed by atoms with Crippen LogP contribution in [0.5, 0.6) is 5.75 Å². The molecule has 0 aromatic heterocycles. The topological polar surface area (TPSA) is 75.7 Å². The lowest BCUT2D eigenvalue weighted by atomic mass is 10.0. The van der Waals surface area contributed by atoms with Gasteiger partial charge in [0.05, 0.1) is 9.92 Å². The number of carbonyl (C=O) groups excluding carboxylic acids is 1. The number of piperidine rings is 1. The van der Waals surface area contributed by atoms with E-state index in [0.29, 0.717) is 35.5 Å².